The average molecular weight is 432 g/mol. The Morgan fingerprint density at radius 3 is 2.06 bits per heavy atom. The Morgan fingerprint density at radius 1 is 0.935 bits per heavy atom. The van der Waals surface area contributed by atoms with Gasteiger partial charge in [0, 0.05) is 29.9 Å². The number of nitrogens with one attached hydrogen (secondary N) is 1. The first-order valence-corrected chi connectivity index (χ1v) is 13.7. The van der Waals surface area contributed by atoms with Crippen LogP contribution in [0.3, 0.4) is 0 Å². The van der Waals surface area contributed by atoms with Gasteiger partial charge in [0.2, 0.25) is 0 Å². The molecule has 4 nitrogen and oxygen atoms in total. The minimum absolute atomic E-state index is 0.213. The molecule has 31 heavy (non-hydrogen) atoms. The summed E-state index contributed by atoms with van der Waals surface area (Å²) >= 11 is 0. The van der Waals surface area contributed by atoms with Gasteiger partial charge in [-0.3, -0.25) is 0 Å². The standard InChI is InChI=1S/C26H33N3OSi/c1-26(2,3)31(4,5)30-19-18-28-24-20-23(16-17-27-24)29-25(21-12-8-6-9-13-21)22-14-10-7-11-15-22/h6-17,20H,18-19H2,1-5H3,(H,27,28). The van der Waals surface area contributed by atoms with E-state index in [-0.39, 0.29) is 5.04 Å². The molecule has 0 fully saturated rings. The van der Waals surface area contributed by atoms with Crippen LogP contribution in [-0.2, 0) is 4.43 Å². The summed E-state index contributed by atoms with van der Waals surface area (Å²) < 4.78 is 6.25. The summed E-state index contributed by atoms with van der Waals surface area (Å²) in [6.07, 6.45) is 1.80. The highest BCUT2D eigenvalue weighted by atomic mass is 28.4. The monoisotopic (exact) mass is 431 g/mol. The van der Waals surface area contributed by atoms with Crippen LogP contribution in [0.1, 0.15) is 31.9 Å². The van der Waals surface area contributed by atoms with E-state index in [2.05, 4.69) is 68.4 Å². The van der Waals surface area contributed by atoms with Gasteiger partial charge in [-0.1, -0.05) is 81.4 Å². The predicted octanol–water partition coefficient (Wildman–Crippen LogP) is 6.68. The van der Waals surface area contributed by atoms with E-state index in [1.807, 2.05) is 48.5 Å². The fourth-order valence-corrected chi connectivity index (χ4v) is 3.95. The summed E-state index contributed by atoms with van der Waals surface area (Å²) in [6, 6.07) is 24.5. The third-order valence-corrected chi connectivity index (χ3v) is 10.3. The average Bonchev–Trinajstić information content (AvgIpc) is 2.76. The number of hydrogen-bond donors (Lipinski definition) is 1. The molecular weight excluding hydrogens is 398 g/mol. The number of hydrogen-bond acceptors (Lipinski definition) is 4. The minimum atomic E-state index is -1.73. The van der Waals surface area contributed by atoms with Crippen LogP contribution in [0.4, 0.5) is 11.5 Å². The summed E-state index contributed by atoms with van der Waals surface area (Å²) in [4.78, 5) is 9.42. The van der Waals surface area contributed by atoms with Crippen LogP contribution in [0.25, 0.3) is 0 Å². The first-order chi connectivity index (χ1) is 14.8. The third-order valence-electron chi connectivity index (χ3n) is 5.76. The molecule has 0 unspecified atom stereocenters. The maximum absolute atomic E-state index is 6.25. The van der Waals surface area contributed by atoms with Gasteiger partial charge < -0.3 is 9.74 Å². The Bertz CT molecular complexity index is 954. The van der Waals surface area contributed by atoms with Gasteiger partial charge in [-0.05, 0) is 24.2 Å². The van der Waals surface area contributed by atoms with Gasteiger partial charge in [0.05, 0.1) is 18.0 Å². The zero-order chi connectivity index (χ0) is 22.3. The van der Waals surface area contributed by atoms with Crippen molar-refractivity contribution in [3.63, 3.8) is 0 Å². The SMILES string of the molecule is CC(C)(C)[Si](C)(C)OCCNc1cc(N=C(c2ccccc2)c2ccccc2)ccn1. The summed E-state index contributed by atoms with van der Waals surface area (Å²) in [5.41, 5.74) is 3.98. The van der Waals surface area contributed by atoms with E-state index in [9.17, 15) is 0 Å². The molecule has 0 radical (unpaired) electrons. The van der Waals surface area contributed by atoms with Gasteiger partial charge in [-0.15, -0.1) is 0 Å². The number of rotatable bonds is 8. The topological polar surface area (TPSA) is 46.5 Å². The number of anilines is 1. The number of aromatic nitrogens is 1. The molecule has 0 bridgehead atoms. The summed E-state index contributed by atoms with van der Waals surface area (Å²) in [5.74, 6) is 0.806. The molecule has 0 amide bonds. The van der Waals surface area contributed by atoms with E-state index in [0.29, 0.717) is 6.61 Å². The van der Waals surface area contributed by atoms with Crippen LogP contribution >= 0.6 is 0 Å². The Kier molecular flexibility index (Phi) is 7.41. The van der Waals surface area contributed by atoms with Crippen LogP contribution in [0.2, 0.25) is 18.1 Å². The maximum atomic E-state index is 6.25. The second-order valence-corrected chi connectivity index (χ2v) is 13.9. The highest BCUT2D eigenvalue weighted by Crippen LogP contribution is 2.36. The normalized spacial score (nSPS) is 11.8. The molecule has 1 N–H and O–H groups in total. The molecule has 0 atom stereocenters. The number of aliphatic imine (C=N–C) groups is 1. The summed E-state index contributed by atoms with van der Waals surface area (Å²) in [5, 5.41) is 3.59. The Morgan fingerprint density at radius 2 is 1.52 bits per heavy atom. The molecule has 5 heteroatoms. The van der Waals surface area contributed by atoms with Crippen molar-refractivity contribution in [2.24, 2.45) is 4.99 Å². The first-order valence-electron chi connectivity index (χ1n) is 10.8. The minimum Gasteiger partial charge on any atom is -0.415 e. The first kappa shape index (κ1) is 22.9. The van der Waals surface area contributed by atoms with Crippen molar-refractivity contribution in [3.05, 3.63) is 90.1 Å². The van der Waals surface area contributed by atoms with E-state index < -0.39 is 8.32 Å². The van der Waals surface area contributed by atoms with Crippen molar-refractivity contribution in [2.45, 2.75) is 38.9 Å². The lowest BCUT2D eigenvalue weighted by Gasteiger charge is -2.36. The van der Waals surface area contributed by atoms with Gasteiger partial charge in [-0.2, -0.15) is 0 Å². The third kappa shape index (κ3) is 6.36. The van der Waals surface area contributed by atoms with Gasteiger partial charge >= 0.3 is 0 Å². The molecule has 162 valence electrons. The second-order valence-electron chi connectivity index (χ2n) is 9.13. The molecule has 3 aromatic rings. The van der Waals surface area contributed by atoms with Crippen molar-refractivity contribution in [1.29, 1.82) is 0 Å². The van der Waals surface area contributed by atoms with Crippen molar-refractivity contribution in [2.75, 3.05) is 18.5 Å². The fourth-order valence-electron chi connectivity index (χ4n) is 2.90. The van der Waals surface area contributed by atoms with E-state index in [0.717, 1.165) is 34.9 Å². The highest BCUT2D eigenvalue weighted by Gasteiger charge is 2.36. The van der Waals surface area contributed by atoms with Crippen LogP contribution in [0.5, 0.6) is 0 Å². The van der Waals surface area contributed by atoms with Crippen molar-refractivity contribution in [1.82, 2.24) is 4.98 Å². The van der Waals surface area contributed by atoms with Crippen molar-refractivity contribution >= 4 is 25.5 Å². The second kappa shape index (κ2) is 10.0. The smallest absolute Gasteiger partial charge is 0.192 e. The highest BCUT2D eigenvalue weighted by molar-refractivity contribution is 6.74. The van der Waals surface area contributed by atoms with Crippen LogP contribution in [0, 0.1) is 0 Å². The van der Waals surface area contributed by atoms with Crippen molar-refractivity contribution in [3.8, 4) is 0 Å². The van der Waals surface area contributed by atoms with Gasteiger partial charge in [0.15, 0.2) is 8.32 Å². The molecule has 0 aliphatic heterocycles. The van der Waals surface area contributed by atoms with Gasteiger partial charge in [0.25, 0.3) is 0 Å². The molecule has 2 aromatic carbocycles. The molecular formula is C26H33N3OSi. The van der Waals surface area contributed by atoms with Gasteiger partial charge in [0.1, 0.15) is 5.82 Å². The molecule has 0 spiro atoms. The van der Waals surface area contributed by atoms with E-state index in [1.54, 1.807) is 6.20 Å². The van der Waals surface area contributed by atoms with Crippen LogP contribution in [0.15, 0.2) is 84.0 Å². The van der Waals surface area contributed by atoms with E-state index in [4.69, 9.17) is 9.42 Å². The predicted molar refractivity (Wildman–Crippen MR) is 134 cm³/mol. The molecule has 0 aliphatic carbocycles. The summed E-state index contributed by atoms with van der Waals surface area (Å²) in [6.45, 7) is 12.7. The molecule has 0 aliphatic rings. The molecule has 0 saturated heterocycles. The maximum Gasteiger partial charge on any atom is 0.192 e. The summed E-state index contributed by atoms with van der Waals surface area (Å²) in [7, 11) is -1.73. The Labute approximate surface area is 187 Å². The van der Waals surface area contributed by atoms with Crippen LogP contribution in [-0.4, -0.2) is 32.2 Å². The lowest BCUT2D eigenvalue weighted by Crippen LogP contribution is -2.41. The van der Waals surface area contributed by atoms with E-state index >= 15 is 0 Å². The van der Waals surface area contributed by atoms with Crippen molar-refractivity contribution < 1.29 is 4.43 Å². The Hall–Kier alpha value is -2.76. The molecule has 3 rings (SSSR count). The largest absolute Gasteiger partial charge is 0.415 e. The zero-order valence-electron chi connectivity index (χ0n) is 19.2. The number of benzene rings is 2. The lowest BCUT2D eigenvalue weighted by atomic mass is 10.0. The number of nitrogens with zero attached hydrogens (tertiary/aromatic N) is 2. The van der Waals surface area contributed by atoms with E-state index in [1.165, 1.54) is 0 Å². The number of pyridine rings is 1. The van der Waals surface area contributed by atoms with Crippen LogP contribution < -0.4 is 5.32 Å². The zero-order valence-corrected chi connectivity index (χ0v) is 20.2. The quantitative estimate of drug-likeness (QED) is 0.246. The Balaban J connectivity index is 1.74. The molecule has 1 heterocycles. The molecule has 1 aromatic heterocycles. The lowest BCUT2D eigenvalue weighted by molar-refractivity contribution is 0.301. The van der Waals surface area contributed by atoms with Gasteiger partial charge in [-0.25, -0.2) is 9.98 Å². The molecule has 0 saturated carbocycles. The fraction of sp³-hybridized carbons (Fsp3) is 0.308.